The van der Waals surface area contributed by atoms with Gasteiger partial charge in [0, 0.05) is 24.2 Å². The second-order valence-electron chi connectivity index (χ2n) is 3.27. The molecule has 2 aromatic rings. The lowest BCUT2D eigenvalue weighted by Crippen LogP contribution is -2.21. The molecule has 0 saturated carbocycles. The Morgan fingerprint density at radius 2 is 2.40 bits per heavy atom. The first-order valence-corrected chi connectivity index (χ1v) is 4.50. The maximum absolute atomic E-state index is 10.5. The molecular formula is C10H10N2O3. The van der Waals surface area contributed by atoms with Gasteiger partial charge in [0.15, 0.2) is 6.10 Å². The summed E-state index contributed by atoms with van der Waals surface area (Å²) in [7, 11) is 0. The SMILES string of the molecule is O=C(O)C(O)Cc1c[nH]c2ncccc12. The number of aliphatic hydroxyl groups excluding tert-OH is 1. The lowest BCUT2D eigenvalue weighted by atomic mass is 10.1. The quantitative estimate of drug-likeness (QED) is 0.684. The van der Waals surface area contributed by atoms with Crippen molar-refractivity contribution in [3.8, 4) is 0 Å². The van der Waals surface area contributed by atoms with Gasteiger partial charge in [-0.05, 0) is 17.7 Å². The highest BCUT2D eigenvalue weighted by molar-refractivity contribution is 5.81. The number of carboxylic acids is 1. The number of nitrogens with one attached hydrogen (secondary N) is 1. The lowest BCUT2D eigenvalue weighted by Gasteiger charge is -2.03. The molecule has 0 spiro atoms. The third-order valence-corrected chi connectivity index (χ3v) is 2.24. The van der Waals surface area contributed by atoms with E-state index in [0.717, 1.165) is 10.9 Å². The van der Waals surface area contributed by atoms with E-state index in [9.17, 15) is 9.90 Å². The Morgan fingerprint density at radius 3 is 3.13 bits per heavy atom. The summed E-state index contributed by atoms with van der Waals surface area (Å²) in [4.78, 5) is 17.5. The summed E-state index contributed by atoms with van der Waals surface area (Å²) in [5, 5.41) is 18.6. The number of carbonyl (C=O) groups is 1. The number of aliphatic carboxylic acids is 1. The zero-order valence-corrected chi connectivity index (χ0v) is 7.84. The summed E-state index contributed by atoms with van der Waals surface area (Å²) < 4.78 is 0. The maximum atomic E-state index is 10.5. The number of H-pyrrole nitrogens is 1. The van der Waals surface area contributed by atoms with E-state index < -0.39 is 12.1 Å². The van der Waals surface area contributed by atoms with Gasteiger partial charge >= 0.3 is 5.97 Å². The first-order chi connectivity index (χ1) is 7.18. The molecule has 3 N–H and O–H groups in total. The van der Waals surface area contributed by atoms with E-state index in [2.05, 4.69) is 9.97 Å². The normalized spacial score (nSPS) is 12.9. The van der Waals surface area contributed by atoms with Gasteiger partial charge in [-0.2, -0.15) is 0 Å². The Labute approximate surface area is 85.4 Å². The van der Waals surface area contributed by atoms with Crippen LogP contribution >= 0.6 is 0 Å². The van der Waals surface area contributed by atoms with Crippen molar-refractivity contribution in [2.75, 3.05) is 0 Å². The Bertz CT molecular complexity index is 492. The van der Waals surface area contributed by atoms with Crippen molar-refractivity contribution in [3.63, 3.8) is 0 Å². The van der Waals surface area contributed by atoms with Gasteiger partial charge in [-0.25, -0.2) is 9.78 Å². The van der Waals surface area contributed by atoms with E-state index in [1.807, 2.05) is 6.07 Å². The molecule has 0 aliphatic rings. The lowest BCUT2D eigenvalue weighted by molar-refractivity contribution is -0.146. The predicted molar refractivity (Wildman–Crippen MR) is 53.4 cm³/mol. The molecule has 0 amide bonds. The number of pyridine rings is 1. The summed E-state index contributed by atoms with van der Waals surface area (Å²) in [6.07, 6.45) is 2.03. The van der Waals surface area contributed by atoms with Gasteiger partial charge in [-0.15, -0.1) is 0 Å². The third-order valence-electron chi connectivity index (χ3n) is 2.24. The van der Waals surface area contributed by atoms with Crippen molar-refractivity contribution in [2.45, 2.75) is 12.5 Å². The standard InChI is InChI=1S/C10H10N2O3/c13-8(10(14)15)4-6-5-12-9-7(6)2-1-3-11-9/h1-3,5,8,13H,4H2,(H,11,12)(H,14,15). The van der Waals surface area contributed by atoms with E-state index in [1.54, 1.807) is 18.5 Å². The van der Waals surface area contributed by atoms with E-state index in [0.29, 0.717) is 5.65 Å². The molecule has 0 aromatic carbocycles. The van der Waals surface area contributed by atoms with Crippen LogP contribution in [0.15, 0.2) is 24.5 Å². The van der Waals surface area contributed by atoms with Crippen molar-refractivity contribution in [2.24, 2.45) is 0 Å². The molecule has 2 heterocycles. The molecule has 0 aliphatic heterocycles. The fraction of sp³-hybridized carbons (Fsp3) is 0.200. The van der Waals surface area contributed by atoms with Gasteiger partial charge in [0.2, 0.25) is 0 Å². The molecule has 0 saturated heterocycles. The topological polar surface area (TPSA) is 86.2 Å². The second-order valence-corrected chi connectivity index (χ2v) is 3.27. The van der Waals surface area contributed by atoms with Crippen LogP contribution in [0.25, 0.3) is 11.0 Å². The van der Waals surface area contributed by atoms with Crippen LogP contribution in [0, 0.1) is 0 Å². The van der Waals surface area contributed by atoms with Gasteiger partial charge in [0.25, 0.3) is 0 Å². The second kappa shape index (κ2) is 3.70. The highest BCUT2D eigenvalue weighted by Crippen LogP contribution is 2.17. The minimum absolute atomic E-state index is 0.0844. The third kappa shape index (κ3) is 1.82. The minimum atomic E-state index is -1.37. The fourth-order valence-corrected chi connectivity index (χ4v) is 1.48. The number of fused-ring (bicyclic) bond motifs is 1. The molecule has 0 aliphatic carbocycles. The zero-order chi connectivity index (χ0) is 10.8. The number of hydrogen-bond donors (Lipinski definition) is 3. The molecule has 0 fully saturated rings. The van der Waals surface area contributed by atoms with Crippen molar-refractivity contribution >= 4 is 17.0 Å². The largest absolute Gasteiger partial charge is 0.479 e. The van der Waals surface area contributed by atoms with Gasteiger partial charge in [-0.1, -0.05) is 0 Å². The van der Waals surface area contributed by atoms with Crippen molar-refractivity contribution in [1.82, 2.24) is 9.97 Å². The first kappa shape index (κ1) is 9.67. The Kier molecular flexibility index (Phi) is 2.39. The van der Waals surface area contributed by atoms with Crippen LogP contribution in [0.5, 0.6) is 0 Å². The van der Waals surface area contributed by atoms with E-state index in [-0.39, 0.29) is 6.42 Å². The summed E-state index contributed by atoms with van der Waals surface area (Å²) in [6, 6.07) is 3.61. The van der Waals surface area contributed by atoms with E-state index in [4.69, 9.17) is 5.11 Å². The highest BCUT2D eigenvalue weighted by Gasteiger charge is 2.16. The highest BCUT2D eigenvalue weighted by atomic mass is 16.4. The molecule has 1 unspecified atom stereocenters. The number of hydrogen-bond acceptors (Lipinski definition) is 3. The molecule has 2 rings (SSSR count). The molecule has 2 aromatic heterocycles. The molecule has 15 heavy (non-hydrogen) atoms. The molecule has 5 nitrogen and oxygen atoms in total. The molecule has 1 atom stereocenters. The van der Waals surface area contributed by atoms with Crippen molar-refractivity contribution in [3.05, 3.63) is 30.1 Å². The van der Waals surface area contributed by atoms with Crippen LogP contribution in [0.2, 0.25) is 0 Å². The van der Waals surface area contributed by atoms with Crippen molar-refractivity contribution < 1.29 is 15.0 Å². The van der Waals surface area contributed by atoms with Gasteiger partial charge in [0.05, 0.1) is 0 Å². The molecule has 0 radical (unpaired) electrons. The van der Waals surface area contributed by atoms with E-state index >= 15 is 0 Å². The summed E-state index contributed by atoms with van der Waals surface area (Å²) in [5.74, 6) is -1.21. The number of nitrogens with zero attached hydrogens (tertiary/aromatic N) is 1. The summed E-state index contributed by atoms with van der Waals surface area (Å²) in [5.41, 5.74) is 1.46. The van der Waals surface area contributed by atoms with Crippen LogP contribution in [0.1, 0.15) is 5.56 Å². The van der Waals surface area contributed by atoms with Crippen LogP contribution in [-0.4, -0.2) is 32.3 Å². The molecule has 5 heteroatoms. The smallest absolute Gasteiger partial charge is 0.332 e. The minimum Gasteiger partial charge on any atom is -0.479 e. The Morgan fingerprint density at radius 1 is 1.60 bits per heavy atom. The zero-order valence-electron chi connectivity index (χ0n) is 7.84. The van der Waals surface area contributed by atoms with Gasteiger partial charge < -0.3 is 15.2 Å². The van der Waals surface area contributed by atoms with Crippen LogP contribution in [0.4, 0.5) is 0 Å². The number of aromatic nitrogens is 2. The maximum Gasteiger partial charge on any atom is 0.332 e. The van der Waals surface area contributed by atoms with Crippen LogP contribution in [0.3, 0.4) is 0 Å². The van der Waals surface area contributed by atoms with Gasteiger partial charge in [0.1, 0.15) is 5.65 Å². The fourth-order valence-electron chi connectivity index (χ4n) is 1.48. The average Bonchev–Trinajstić information content (AvgIpc) is 2.62. The van der Waals surface area contributed by atoms with Crippen molar-refractivity contribution in [1.29, 1.82) is 0 Å². The summed E-state index contributed by atoms with van der Waals surface area (Å²) in [6.45, 7) is 0. The first-order valence-electron chi connectivity index (χ1n) is 4.50. The van der Waals surface area contributed by atoms with Gasteiger partial charge in [-0.3, -0.25) is 0 Å². The molecule has 78 valence electrons. The number of aromatic amines is 1. The molecule has 0 bridgehead atoms. The average molecular weight is 206 g/mol. The van der Waals surface area contributed by atoms with E-state index in [1.165, 1.54) is 0 Å². The predicted octanol–water partition coefficient (Wildman–Crippen LogP) is 0.551. The van der Waals surface area contributed by atoms with Crippen LogP contribution < -0.4 is 0 Å². The monoisotopic (exact) mass is 206 g/mol. The summed E-state index contributed by atoms with van der Waals surface area (Å²) >= 11 is 0. The number of aliphatic hydroxyl groups is 1. The number of rotatable bonds is 3. The Balaban J connectivity index is 2.32. The Hall–Kier alpha value is -1.88. The van der Waals surface area contributed by atoms with Crippen LogP contribution in [-0.2, 0) is 11.2 Å². The molecular weight excluding hydrogens is 196 g/mol. The number of carboxylic acid groups (broad SMARTS) is 1.